The quantitative estimate of drug-likeness (QED) is 0.635. The second-order valence-corrected chi connectivity index (χ2v) is 6.49. The smallest absolute Gasteiger partial charge is 0.260 e. The number of hydrogen-bond donors (Lipinski definition) is 1. The number of rotatable bonds is 6. The van der Waals surface area contributed by atoms with Gasteiger partial charge in [-0.3, -0.25) is 9.48 Å². The predicted octanol–water partition coefficient (Wildman–Crippen LogP) is 4.10. The molecule has 0 spiro atoms. The van der Waals surface area contributed by atoms with Gasteiger partial charge in [0.15, 0.2) is 5.82 Å². The molecule has 140 valence electrons. The molecular weight excluding hydrogens is 417 g/mol. The van der Waals surface area contributed by atoms with Gasteiger partial charge in [0.05, 0.1) is 30.8 Å². The number of hydrogen-bond acceptors (Lipinski definition) is 4. The number of amides is 1. The zero-order chi connectivity index (χ0) is 19.4. The average Bonchev–Trinajstić information content (AvgIpc) is 3.01. The van der Waals surface area contributed by atoms with Crippen LogP contribution in [0.1, 0.15) is 15.9 Å². The van der Waals surface area contributed by atoms with Crippen molar-refractivity contribution in [1.82, 2.24) is 9.78 Å². The molecule has 0 radical (unpaired) electrons. The largest absolute Gasteiger partial charge is 0.497 e. The van der Waals surface area contributed by atoms with Crippen molar-refractivity contribution in [3.05, 3.63) is 70.1 Å². The number of ether oxygens (including phenoxy) is 2. The highest BCUT2D eigenvalue weighted by Crippen LogP contribution is 2.27. The van der Waals surface area contributed by atoms with Crippen LogP contribution in [0, 0.1) is 5.82 Å². The molecular formula is C19H17BrFN3O3. The zero-order valence-electron chi connectivity index (χ0n) is 14.7. The van der Waals surface area contributed by atoms with E-state index in [1.807, 2.05) is 0 Å². The summed E-state index contributed by atoms with van der Waals surface area (Å²) in [5.74, 6) is 0.603. The van der Waals surface area contributed by atoms with Crippen molar-refractivity contribution in [2.24, 2.45) is 0 Å². The summed E-state index contributed by atoms with van der Waals surface area (Å²) in [6.07, 6.45) is 1.67. The molecule has 1 amide bonds. The Hall–Kier alpha value is -2.87. The summed E-state index contributed by atoms with van der Waals surface area (Å²) in [6, 6.07) is 11.4. The molecule has 0 aliphatic rings. The molecule has 2 aromatic carbocycles. The van der Waals surface area contributed by atoms with Crippen LogP contribution in [0.4, 0.5) is 10.2 Å². The fourth-order valence-corrected chi connectivity index (χ4v) is 2.94. The first-order valence-electron chi connectivity index (χ1n) is 8.01. The maximum Gasteiger partial charge on any atom is 0.260 e. The van der Waals surface area contributed by atoms with Crippen molar-refractivity contribution in [2.75, 3.05) is 19.5 Å². The first-order chi connectivity index (χ1) is 13.0. The molecule has 8 heteroatoms. The van der Waals surface area contributed by atoms with Gasteiger partial charge in [0, 0.05) is 17.8 Å². The molecule has 6 nitrogen and oxygen atoms in total. The van der Waals surface area contributed by atoms with Crippen LogP contribution in [0.2, 0.25) is 0 Å². The summed E-state index contributed by atoms with van der Waals surface area (Å²) in [7, 11) is 3.01. The van der Waals surface area contributed by atoms with E-state index in [1.54, 1.807) is 47.3 Å². The highest BCUT2D eigenvalue weighted by molar-refractivity contribution is 9.10. The van der Waals surface area contributed by atoms with E-state index < -0.39 is 0 Å². The van der Waals surface area contributed by atoms with Gasteiger partial charge < -0.3 is 14.8 Å². The maximum atomic E-state index is 13.8. The van der Waals surface area contributed by atoms with Crippen LogP contribution in [0.5, 0.6) is 11.5 Å². The van der Waals surface area contributed by atoms with Crippen LogP contribution in [0.25, 0.3) is 0 Å². The third-order valence-electron chi connectivity index (χ3n) is 3.89. The molecule has 0 saturated heterocycles. The molecule has 0 saturated carbocycles. The average molecular weight is 434 g/mol. The van der Waals surface area contributed by atoms with E-state index in [0.29, 0.717) is 32.9 Å². The molecule has 0 atom stereocenters. The van der Waals surface area contributed by atoms with Crippen molar-refractivity contribution < 1.29 is 18.7 Å². The number of halogens is 2. The monoisotopic (exact) mass is 433 g/mol. The zero-order valence-corrected chi connectivity index (χ0v) is 16.3. The number of methoxy groups -OCH3 is 2. The van der Waals surface area contributed by atoms with Gasteiger partial charge in [0.25, 0.3) is 5.91 Å². The van der Waals surface area contributed by atoms with Crippen LogP contribution in [0.15, 0.2) is 53.1 Å². The summed E-state index contributed by atoms with van der Waals surface area (Å²) in [6.45, 7) is 0.243. The van der Waals surface area contributed by atoms with Gasteiger partial charge >= 0.3 is 0 Å². The number of aromatic nitrogens is 2. The van der Waals surface area contributed by atoms with Crippen LogP contribution < -0.4 is 14.8 Å². The Labute approximate surface area is 164 Å². The molecule has 0 aliphatic carbocycles. The van der Waals surface area contributed by atoms with Crippen molar-refractivity contribution >= 4 is 27.7 Å². The van der Waals surface area contributed by atoms with Crippen molar-refractivity contribution in [3.63, 3.8) is 0 Å². The lowest BCUT2D eigenvalue weighted by molar-refractivity contribution is 0.102. The Kier molecular flexibility index (Phi) is 5.75. The van der Waals surface area contributed by atoms with Gasteiger partial charge in [-0.05, 0) is 34.1 Å². The van der Waals surface area contributed by atoms with Crippen LogP contribution in [-0.4, -0.2) is 29.9 Å². The lowest BCUT2D eigenvalue weighted by Crippen LogP contribution is -2.14. The van der Waals surface area contributed by atoms with Gasteiger partial charge in [0.2, 0.25) is 0 Å². The minimum absolute atomic E-state index is 0.243. The van der Waals surface area contributed by atoms with E-state index in [1.165, 1.54) is 20.3 Å². The minimum Gasteiger partial charge on any atom is -0.497 e. The summed E-state index contributed by atoms with van der Waals surface area (Å²) >= 11 is 3.37. The van der Waals surface area contributed by atoms with E-state index in [9.17, 15) is 9.18 Å². The number of nitrogens with one attached hydrogen (secondary N) is 1. The predicted molar refractivity (Wildman–Crippen MR) is 103 cm³/mol. The first kappa shape index (κ1) is 18.9. The van der Waals surface area contributed by atoms with Gasteiger partial charge in [-0.1, -0.05) is 18.2 Å². The van der Waals surface area contributed by atoms with Crippen molar-refractivity contribution in [1.29, 1.82) is 0 Å². The molecule has 0 fully saturated rings. The van der Waals surface area contributed by atoms with E-state index in [-0.39, 0.29) is 18.3 Å². The van der Waals surface area contributed by atoms with E-state index in [0.717, 1.165) is 0 Å². The molecule has 1 N–H and O–H groups in total. The Morgan fingerprint density at radius 1 is 1.22 bits per heavy atom. The first-order valence-corrected chi connectivity index (χ1v) is 8.81. The highest BCUT2D eigenvalue weighted by atomic mass is 79.9. The highest BCUT2D eigenvalue weighted by Gasteiger charge is 2.17. The Morgan fingerprint density at radius 2 is 2.00 bits per heavy atom. The third kappa shape index (κ3) is 4.28. The van der Waals surface area contributed by atoms with Crippen LogP contribution in [-0.2, 0) is 6.54 Å². The molecule has 1 heterocycles. The second-order valence-electron chi connectivity index (χ2n) is 5.63. The Morgan fingerprint density at radius 3 is 2.70 bits per heavy atom. The lowest BCUT2D eigenvalue weighted by Gasteiger charge is -2.10. The van der Waals surface area contributed by atoms with Crippen molar-refractivity contribution in [2.45, 2.75) is 6.54 Å². The lowest BCUT2D eigenvalue weighted by atomic mass is 10.1. The van der Waals surface area contributed by atoms with Gasteiger partial charge in [-0.2, -0.15) is 5.10 Å². The summed E-state index contributed by atoms with van der Waals surface area (Å²) in [5, 5.41) is 7.03. The fourth-order valence-electron chi connectivity index (χ4n) is 2.52. The number of carbonyl (C=O) groups is 1. The SMILES string of the molecule is COc1ccc(C(=O)Nc2nn(Cc3ccccc3F)cc2Br)c(OC)c1. The maximum absolute atomic E-state index is 13.8. The van der Waals surface area contributed by atoms with E-state index in [4.69, 9.17) is 9.47 Å². The normalized spacial score (nSPS) is 10.5. The number of nitrogens with zero attached hydrogens (tertiary/aromatic N) is 2. The summed E-state index contributed by atoms with van der Waals surface area (Å²) in [5.41, 5.74) is 0.844. The number of anilines is 1. The summed E-state index contributed by atoms with van der Waals surface area (Å²) in [4.78, 5) is 12.6. The molecule has 1 aromatic heterocycles. The standard InChI is InChI=1S/C19H17BrFN3O3/c1-26-13-7-8-14(17(9-13)27-2)19(25)22-18-15(20)11-24(23-18)10-12-5-3-4-6-16(12)21/h3-9,11H,10H2,1-2H3,(H,22,23,25). The molecule has 3 rings (SSSR count). The Balaban J connectivity index is 1.79. The fraction of sp³-hybridized carbons (Fsp3) is 0.158. The molecule has 27 heavy (non-hydrogen) atoms. The topological polar surface area (TPSA) is 65.4 Å². The van der Waals surface area contributed by atoms with Crippen molar-refractivity contribution in [3.8, 4) is 11.5 Å². The van der Waals surface area contributed by atoms with Gasteiger partial charge in [0.1, 0.15) is 17.3 Å². The number of benzene rings is 2. The molecule has 0 bridgehead atoms. The van der Waals surface area contributed by atoms with E-state index in [2.05, 4.69) is 26.3 Å². The number of carbonyl (C=O) groups excluding carboxylic acids is 1. The summed E-state index contributed by atoms with van der Waals surface area (Å²) < 4.78 is 26.3. The van der Waals surface area contributed by atoms with Crippen LogP contribution >= 0.6 is 15.9 Å². The van der Waals surface area contributed by atoms with Gasteiger partial charge in [-0.25, -0.2) is 4.39 Å². The van der Waals surface area contributed by atoms with Gasteiger partial charge in [-0.15, -0.1) is 0 Å². The van der Waals surface area contributed by atoms with E-state index >= 15 is 0 Å². The Bertz CT molecular complexity index is 975. The molecule has 3 aromatic rings. The van der Waals surface area contributed by atoms with Crippen LogP contribution in [0.3, 0.4) is 0 Å². The molecule has 0 unspecified atom stereocenters. The minimum atomic E-state index is -0.383. The third-order valence-corrected chi connectivity index (χ3v) is 4.47. The second kappa shape index (κ2) is 8.22. The molecule has 0 aliphatic heterocycles.